The van der Waals surface area contributed by atoms with E-state index >= 15 is 0 Å². The Morgan fingerprint density at radius 1 is 1.42 bits per heavy atom. The van der Waals surface area contributed by atoms with E-state index in [9.17, 15) is 9.59 Å². The molecule has 0 fully saturated rings. The first-order valence-electron chi connectivity index (χ1n) is 5.68. The number of thioether (sulfide) groups is 1. The minimum atomic E-state index is -0.975. The van der Waals surface area contributed by atoms with Crippen molar-refractivity contribution in [2.24, 2.45) is 0 Å². The van der Waals surface area contributed by atoms with Crippen molar-refractivity contribution in [2.45, 2.75) is 23.5 Å². The number of benzene rings is 1. The summed E-state index contributed by atoms with van der Waals surface area (Å²) in [5, 5.41) is 8.45. The van der Waals surface area contributed by atoms with Gasteiger partial charge in [0.15, 0.2) is 6.61 Å². The molecule has 0 aliphatic heterocycles. The van der Waals surface area contributed by atoms with Crippen molar-refractivity contribution < 1.29 is 19.4 Å². The third-order valence-electron chi connectivity index (χ3n) is 2.31. The van der Waals surface area contributed by atoms with E-state index in [1.165, 1.54) is 23.9 Å². The maximum Gasteiger partial charge on any atom is 0.335 e. The molecule has 1 unspecified atom stereocenters. The van der Waals surface area contributed by atoms with Crippen LogP contribution in [-0.4, -0.2) is 28.9 Å². The van der Waals surface area contributed by atoms with E-state index < -0.39 is 5.97 Å². The highest BCUT2D eigenvalue weighted by Crippen LogP contribution is 2.26. The predicted molar refractivity (Wildman–Crippen MR) is 73.1 cm³/mol. The molecule has 19 heavy (non-hydrogen) atoms. The van der Waals surface area contributed by atoms with Crippen LogP contribution >= 0.6 is 11.8 Å². The van der Waals surface area contributed by atoms with E-state index in [0.717, 1.165) is 4.90 Å². The summed E-state index contributed by atoms with van der Waals surface area (Å²) < 4.78 is 4.89. The number of terminal acetylenes is 1. The van der Waals surface area contributed by atoms with Crippen molar-refractivity contribution in [1.82, 2.24) is 0 Å². The standard InChI is InChI=1S/C14H14O4S/c1-3-9-18-14(17)12(4-2)19-11-7-5-10(6-8-11)13(15)16/h1,5-8,12H,4,9H2,2H3,(H,15,16). The van der Waals surface area contributed by atoms with Gasteiger partial charge < -0.3 is 9.84 Å². The zero-order valence-corrected chi connectivity index (χ0v) is 11.3. The average molecular weight is 278 g/mol. The van der Waals surface area contributed by atoms with Crippen LogP contribution in [0.4, 0.5) is 0 Å². The molecule has 0 aliphatic carbocycles. The van der Waals surface area contributed by atoms with E-state index in [-0.39, 0.29) is 23.4 Å². The predicted octanol–water partition coefficient (Wildman–Crippen LogP) is 2.43. The van der Waals surface area contributed by atoms with Gasteiger partial charge in [0.25, 0.3) is 0 Å². The molecule has 100 valence electrons. The Morgan fingerprint density at radius 3 is 2.53 bits per heavy atom. The molecule has 0 aromatic heterocycles. The number of hydrogen-bond acceptors (Lipinski definition) is 4. The van der Waals surface area contributed by atoms with Crippen LogP contribution in [0.3, 0.4) is 0 Å². The van der Waals surface area contributed by atoms with Crippen LogP contribution in [-0.2, 0) is 9.53 Å². The molecular formula is C14H14O4S. The lowest BCUT2D eigenvalue weighted by atomic mass is 10.2. The first-order valence-corrected chi connectivity index (χ1v) is 6.56. The van der Waals surface area contributed by atoms with Gasteiger partial charge >= 0.3 is 11.9 Å². The summed E-state index contributed by atoms with van der Waals surface area (Å²) in [6.45, 7) is 1.84. The van der Waals surface area contributed by atoms with E-state index in [1.54, 1.807) is 12.1 Å². The van der Waals surface area contributed by atoms with Gasteiger partial charge in [0, 0.05) is 4.90 Å². The fourth-order valence-corrected chi connectivity index (χ4v) is 2.30. The fourth-order valence-electron chi connectivity index (χ4n) is 1.34. The molecule has 5 heteroatoms. The smallest absolute Gasteiger partial charge is 0.335 e. The third kappa shape index (κ3) is 4.68. The number of carbonyl (C=O) groups is 2. The maximum absolute atomic E-state index is 11.7. The number of carboxylic acid groups (broad SMARTS) is 1. The van der Waals surface area contributed by atoms with Gasteiger partial charge in [-0.2, -0.15) is 0 Å². The number of ether oxygens (including phenoxy) is 1. The number of rotatable bonds is 6. The lowest BCUT2D eigenvalue weighted by Gasteiger charge is -2.12. The van der Waals surface area contributed by atoms with Gasteiger partial charge in [0.05, 0.1) is 5.56 Å². The molecule has 1 N–H and O–H groups in total. The Balaban J connectivity index is 2.68. The van der Waals surface area contributed by atoms with Gasteiger partial charge in [-0.05, 0) is 30.7 Å². The van der Waals surface area contributed by atoms with Crippen LogP contribution < -0.4 is 0 Å². The highest BCUT2D eigenvalue weighted by atomic mass is 32.2. The molecule has 4 nitrogen and oxygen atoms in total. The highest BCUT2D eigenvalue weighted by molar-refractivity contribution is 8.00. The molecule has 0 saturated heterocycles. The Hall–Kier alpha value is -1.93. The lowest BCUT2D eigenvalue weighted by molar-refractivity contribution is -0.141. The minimum Gasteiger partial charge on any atom is -0.478 e. The molecule has 0 aliphatic rings. The number of hydrogen-bond donors (Lipinski definition) is 1. The van der Waals surface area contributed by atoms with E-state index in [0.29, 0.717) is 6.42 Å². The Morgan fingerprint density at radius 2 is 2.05 bits per heavy atom. The molecule has 1 aromatic carbocycles. The van der Waals surface area contributed by atoms with E-state index in [2.05, 4.69) is 5.92 Å². The second-order valence-electron chi connectivity index (χ2n) is 3.66. The van der Waals surface area contributed by atoms with Gasteiger partial charge in [0.2, 0.25) is 0 Å². The first kappa shape index (κ1) is 15.1. The highest BCUT2D eigenvalue weighted by Gasteiger charge is 2.19. The van der Waals surface area contributed by atoms with Crippen molar-refractivity contribution in [2.75, 3.05) is 6.61 Å². The number of esters is 1. The first-order chi connectivity index (χ1) is 9.08. The molecule has 0 amide bonds. The van der Waals surface area contributed by atoms with E-state index in [4.69, 9.17) is 16.3 Å². The molecule has 1 rings (SSSR count). The zero-order chi connectivity index (χ0) is 14.3. The minimum absolute atomic E-state index is 0.0339. The molecule has 0 bridgehead atoms. The van der Waals surface area contributed by atoms with E-state index in [1.807, 2.05) is 6.92 Å². The normalized spacial score (nSPS) is 11.4. The molecule has 0 saturated carbocycles. The zero-order valence-electron chi connectivity index (χ0n) is 10.5. The number of aromatic carboxylic acids is 1. The van der Waals surface area contributed by atoms with Crippen LogP contribution in [0.2, 0.25) is 0 Å². The summed E-state index contributed by atoms with van der Waals surface area (Å²) in [6, 6.07) is 6.35. The largest absolute Gasteiger partial charge is 0.478 e. The van der Waals surface area contributed by atoms with Crippen LogP contribution in [0.25, 0.3) is 0 Å². The quantitative estimate of drug-likeness (QED) is 0.492. The van der Waals surface area contributed by atoms with Crippen molar-refractivity contribution in [1.29, 1.82) is 0 Å². The Labute approximate surface area is 116 Å². The lowest BCUT2D eigenvalue weighted by Crippen LogP contribution is -2.19. The number of carboxylic acids is 1. The maximum atomic E-state index is 11.7. The average Bonchev–Trinajstić information content (AvgIpc) is 2.42. The van der Waals surface area contributed by atoms with Crippen molar-refractivity contribution in [3.05, 3.63) is 29.8 Å². The van der Waals surface area contributed by atoms with Gasteiger partial charge in [0.1, 0.15) is 5.25 Å². The second kappa shape index (κ2) is 7.49. The molecule has 1 atom stereocenters. The summed E-state index contributed by atoms with van der Waals surface area (Å²) in [5.41, 5.74) is 0.215. The molecule has 1 aromatic rings. The topological polar surface area (TPSA) is 63.6 Å². The summed E-state index contributed by atoms with van der Waals surface area (Å²) in [5.74, 6) is 0.915. The van der Waals surface area contributed by atoms with Gasteiger partial charge in [-0.15, -0.1) is 18.2 Å². The molecule has 0 heterocycles. The van der Waals surface area contributed by atoms with Crippen LogP contribution in [0, 0.1) is 12.3 Å². The van der Waals surface area contributed by atoms with Gasteiger partial charge in [-0.3, -0.25) is 4.79 Å². The molecule has 0 radical (unpaired) electrons. The monoisotopic (exact) mass is 278 g/mol. The van der Waals surface area contributed by atoms with Crippen molar-refractivity contribution in [3.8, 4) is 12.3 Å². The van der Waals surface area contributed by atoms with Crippen molar-refractivity contribution in [3.63, 3.8) is 0 Å². The Kier molecular flexibility index (Phi) is 5.97. The summed E-state index contributed by atoms with van der Waals surface area (Å²) in [7, 11) is 0. The van der Waals surface area contributed by atoms with Crippen molar-refractivity contribution >= 4 is 23.7 Å². The van der Waals surface area contributed by atoms with Crippen LogP contribution in [0.1, 0.15) is 23.7 Å². The van der Waals surface area contributed by atoms with Gasteiger partial charge in [-0.25, -0.2) is 4.79 Å². The van der Waals surface area contributed by atoms with Crippen LogP contribution in [0.5, 0.6) is 0 Å². The number of carbonyl (C=O) groups excluding carboxylic acids is 1. The SMILES string of the molecule is C#CCOC(=O)C(CC)Sc1ccc(C(=O)O)cc1. The molecule has 0 spiro atoms. The summed E-state index contributed by atoms with van der Waals surface area (Å²) in [4.78, 5) is 23.2. The second-order valence-corrected chi connectivity index (χ2v) is 4.93. The summed E-state index contributed by atoms with van der Waals surface area (Å²) >= 11 is 1.33. The summed E-state index contributed by atoms with van der Waals surface area (Å²) in [6.07, 6.45) is 5.63. The van der Waals surface area contributed by atoms with Gasteiger partial charge in [-0.1, -0.05) is 12.8 Å². The molecular weight excluding hydrogens is 264 g/mol. The Bertz CT molecular complexity index is 487. The fraction of sp³-hybridized carbons (Fsp3) is 0.286. The van der Waals surface area contributed by atoms with Crippen LogP contribution in [0.15, 0.2) is 29.2 Å². The third-order valence-corrected chi connectivity index (χ3v) is 3.67.